The summed E-state index contributed by atoms with van der Waals surface area (Å²) in [7, 11) is 0. The highest BCUT2D eigenvalue weighted by molar-refractivity contribution is 5.69. The Morgan fingerprint density at radius 1 is 0.949 bits per heavy atom. The second-order valence-corrected chi connectivity index (χ2v) is 15.0. The topological polar surface area (TPSA) is 78.9 Å². The van der Waals surface area contributed by atoms with Crippen molar-refractivity contribution in [3.8, 4) is 0 Å². The van der Waals surface area contributed by atoms with E-state index >= 15 is 0 Å². The lowest BCUT2D eigenvalue weighted by atomic mass is 9.41. The van der Waals surface area contributed by atoms with Gasteiger partial charge < -0.3 is 14.2 Å². The molecule has 0 aromatic carbocycles. The zero-order valence-corrected chi connectivity index (χ0v) is 25.6. The Balaban J connectivity index is 1.52. The van der Waals surface area contributed by atoms with Gasteiger partial charge in [-0.15, -0.1) is 0 Å². The van der Waals surface area contributed by atoms with E-state index in [0.717, 1.165) is 38.5 Å². The van der Waals surface area contributed by atoms with Crippen LogP contribution >= 0.6 is 0 Å². The predicted molar refractivity (Wildman–Crippen MR) is 150 cm³/mol. The molecule has 0 aliphatic heterocycles. The number of hydrogen-bond donors (Lipinski definition) is 0. The average Bonchev–Trinajstić information content (AvgIpc) is 3.21. The fourth-order valence-corrected chi connectivity index (χ4v) is 10.5. The lowest BCUT2D eigenvalue weighted by Crippen LogP contribution is -2.62. The predicted octanol–water partition coefficient (Wildman–Crippen LogP) is 7.12. The highest BCUT2D eigenvalue weighted by atomic mass is 16.6. The summed E-state index contributed by atoms with van der Waals surface area (Å²) in [6, 6.07) is 0. The van der Waals surface area contributed by atoms with Gasteiger partial charge in [0, 0.05) is 12.3 Å². The lowest BCUT2D eigenvalue weighted by Gasteiger charge is -2.65. The first-order valence-corrected chi connectivity index (χ1v) is 15.8. The molecule has 0 spiro atoms. The van der Waals surface area contributed by atoms with Crippen LogP contribution in [0.2, 0.25) is 0 Å². The van der Waals surface area contributed by atoms with Crippen molar-refractivity contribution in [2.24, 2.45) is 52.3 Å². The van der Waals surface area contributed by atoms with Crippen molar-refractivity contribution >= 4 is 18.9 Å². The summed E-state index contributed by atoms with van der Waals surface area (Å²) in [6.45, 7) is 16.7. The maximum absolute atomic E-state index is 12.3. The van der Waals surface area contributed by atoms with Gasteiger partial charge in [-0.3, -0.25) is 14.4 Å². The van der Waals surface area contributed by atoms with E-state index in [-0.39, 0.29) is 29.0 Å². The molecule has 0 bridgehead atoms. The van der Waals surface area contributed by atoms with Crippen molar-refractivity contribution in [3.63, 3.8) is 0 Å². The van der Waals surface area contributed by atoms with Crippen LogP contribution in [0.1, 0.15) is 119 Å². The summed E-state index contributed by atoms with van der Waals surface area (Å²) >= 11 is 0. The molecule has 4 aliphatic carbocycles. The summed E-state index contributed by atoms with van der Waals surface area (Å²) in [5.41, 5.74) is -0.00798. The van der Waals surface area contributed by atoms with Crippen molar-refractivity contribution in [1.29, 1.82) is 0 Å². The largest absolute Gasteiger partial charge is 0.465 e. The van der Waals surface area contributed by atoms with Crippen LogP contribution in [0.25, 0.3) is 0 Å². The number of hydrogen-bond acceptors (Lipinski definition) is 6. The van der Waals surface area contributed by atoms with Gasteiger partial charge in [0.05, 0.1) is 0 Å². The molecule has 222 valence electrons. The zero-order chi connectivity index (χ0) is 28.6. The normalized spacial score (nSPS) is 42.3. The molecular formula is C33H54O6. The number of ether oxygens (including phenoxy) is 3. The highest BCUT2D eigenvalue weighted by Gasteiger charge is 2.65. The third kappa shape index (κ3) is 5.77. The molecule has 6 heteroatoms. The SMILES string of the molecule is CC[C@@H]1C2C[C@H](OC=O)CCC2(C)[C@H]2CCC3(C)C([C@H](C)CCCC(=O)OC(C)(C)C)CC[C@H]3[C@@H]2[C@@H]1OC=O. The van der Waals surface area contributed by atoms with Gasteiger partial charge in [0.25, 0.3) is 12.9 Å². The monoisotopic (exact) mass is 546 g/mol. The minimum absolute atomic E-state index is 0.0192. The summed E-state index contributed by atoms with van der Waals surface area (Å²) in [4.78, 5) is 35.3. The average molecular weight is 547 g/mol. The Labute approximate surface area is 236 Å². The molecule has 0 aromatic rings. The Hall–Kier alpha value is -1.59. The van der Waals surface area contributed by atoms with E-state index in [9.17, 15) is 14.4 Å². The molecule has 4 aliphatic rings. The fraction of sp³-hybridized carbons (Fsp3) is 0.909. The molecule has 4 saturated carbocycles. The molecule has 4 unspecified atom stereocenters. The lowest BCUT2D eigenvalue weighted by molar-refractivity contribution is -0.213. The number of esters is 1. The number of carbonyl (C=O) groups is 3. The molecule has 4 rings (SSSR count). The van der Waals surface area contributed by atoms with Crippen molar-refractivity contribution in [1.82, 2.24) is 0 Å². The molecule has 0 saturated heterocycles. The van der Waals surface area contributed by atoms with Crippen LogP contribution in [-0.2, 0) is 28.6 Å². The van der Waals surface area contributed by atoms with Crippen LogP contribution in [0.4, 0.5) is 0 Å². The maximum atomic E-state index is 12.3. The van der Waals surface area contributed by atoms with Crippen LogP contribution in [0.3, 0.4) is 0 Å². The number of fused-ring (bicyclic) bond motifs is 5. The second-order valence-electron chi connectivity index (χ2n) is 15.0. The molecule has 0 heterocycles. The summed E-state index contributed by atoms with van der Waals surface area (Å²) in [5.74, 6) is 3.26. The minimum Gasteiger partial charge on any atom is -0.465 e. The van der Waals surface area contributed by atoms with E-state index in [1.54, 1.807) is 0 Å². The van der Waals surface area contributed by atoms with E-state index in [1.807, 2.05) is 20.8 Å². The Bertz CT molecular complexity index is 880. The van der Waals surface area contributed by atoms with Crippen LogP contribution in [0, 0.1) is 52.3 Å². The van der Waals surface area contributed by atoms with Crippen LogP contribution in [0.15, 0.2) is 0 Å². The smallest absolute Gasteiger partial charge is 0.306 e. The van der Waals surface area contributed by atoms with Gasteiger partial charge in [-0.2, -0.15) is 0 Å². The molecule has 0 N–H and O–H groups in total. The molecular weight excluding hydrogens is 492 g/mol. The van der Waals surface area contributed by atoms with Gasteiger partial charge in [0.2, 0.25) is 0 Å². The molecule has 0 amide bonds. The summed E-state index contributed by atoms with van der Waals surface area (Å²) in [5, 5.41) is 0. The Kier molecular flexibility index (Phi) is 9.13. The molecule has 0 aromatic heterocycles. The van der Waals surface area contributed by atoms with E-state index < -0.39 is 5.60 Å². The van der Waals surface area contributed by atoms with E-state index in [1.165, 1.54) is 25.7 Å². The highest BCUT2D eigenvalue weighted by Crippen LogP contribution is 2.70. The van der Waals surface area contributed by atoms with Crippen molar-refractivity contribution < 1.29 is 28.6 Å². The maximum Gasteiger partial charge on any atom is 0.306 e. The van der Waals surface area contributed by atoms with Crippen molar-refractivity contribution in [2.75, 3.05) is 0 Å². The standard InChI is InChI=1S/C33H54O6/c1-8-23-27-18-22(37-19-34)14-16-33(27,7)26-15-17-32(6)24(12-13-25(32)29(26)30(23)38-20-35)21(2)10-9-11-28(36)39-31(3,4)5/h19-27,29-30H,8-18H2,1-7H3/t21-,22-,23-,24?,25+,26+,27?,29+,30-,32?,33?/m1/s1. The molecule has 39 heavy (non-hydrogen) atoms. The number of carbonyl (C=O) groups excluding carboxylic acids is 3. The molecule has 4 fully saturated rings. The van der Waals surface area contributed by atoms with Crippen molar-refractivity contribution in [2.45, 2.75) is 137 Å². The summed E-state index contributed by atoms with van der Waals surface area (Å²) in [6.07, 6.45) is 11.0. The first-order chi connectivity index (χ1) is 18.4. The van der Waals surface area contributed by atoms with E-state index in [0.29, 0.717) is 60.8 Å². The fourth-order valence-electron chi connectivity index (χ4n) is 10.5. The summed E-state index contributed by atoms with van der Waals surface area (Å²) < 4.78 is 17.1. The first kappa shape index (κ1) is 30.4. The second kappa shape index (κ2) is 11.7. The van der Waals surface area contributed by atoms with Crippen LogP contribution in [-0.4, -0.2) is 36.7 Å². The van der Waals surface area contributed by atoms with Gasteiger partial charge in [-0.25, -0.2) is 0 Å². The van der Waals surface area contributed by atoms with E-state index in [4.69, 9.17) is 14.2 Å². The van der Waals surface area contributed by atoms with E-state index in [2.05, 4.69) is 27.7 Å². The third-order valence-corrected chi connectivity index (χ3v) is 12.0. The van der Waals surface area contributed by atoms with Gasteiger partial charge in [-0.1, -0.05) is 27.7 Å². The van der Waals surface area contributed by atoms with Crippen LogP contribution < -0.4 is 0 Å². The van der Waals surface area contributed by atoms with Crippen molar-refractivity contribution in [3.05, 3.63) is 0 Å². The zero-order valence-electron chi connectivity index (χ0n) is 25.6. The molecule has 6 nitrogen and oxygen atoms in total. The number of rotatable bonds is 10. The third-order valence-electron chi connectivity index (χ3n) is 12.0. The molecule has 0 radical (unpaired) electrons. The molecule has 11 atom stereocenters. The van der Waals surface area contributed by atoms with Gasteiger partial charge in [-0.05, 0) is 131 Å². The first-order valence-electron chi connectivity index (χ1n) is 15.8. The van der Waals surface area contributed by atoms with Gasteiger partial charge in [0.15, 0.2) is 0 Å². The quantitative estimate of drug-likeness (QED) is 0.165. The van der Waals surface area contributed by atoms with Crippen LogP contribution in [0.5, 0.6) is 0 Å². The Morgan fingerprint density at radius 3 is 2.26 bits per heavy atom. The van der Waals surface area contributed by atoms with Gasteiger partial charge in [0.1, 0.15) is 17.8 Å². The van der Waals surface area contributed by atoms with Gasteiger partial charge >= 0.3 is 5.97 Å². The Morgan fingerprint density at radius 2 is 1.62 bits per heavy atom. The minimum atomic E-state index is -0.430.